The summed E-state index contributed by atoms with van der Waals surface area (Å²) in [6.45, 7) is 3.14. The highest BCUT2D eigenvalue weighted by atomic mass is 16.4. The molecule has 116 valence electrons. The van der Waals surface area contributed by atoms with Crippen molar-refractivity contribution in [2.45, 2.75) is 45.2 Å². The molecule has 0 aromatic carbocycles. The first-order valence-electron chi connectivity index (χ1n) is 7.34. The summed E-state index contributed by atoms with van der Waals surface area (Å²) in [5, 5.41) is 14.5. The molecule has 1 aromatic heterocycles. The number of rotatable bonds is 5. The zero-order valence-corrected chi connectivity index (χ0v) is 12.2. The maximum atomic E-state index is 11.8. The lowest BCUT2D eigenvalue weighted by Crippen LogP contribution is -2.44. The summed E-state index contributed by atoms with van der Waals surface area (Å²) < 4.78 is 1.65. The van der Waals surface area contributed by atoms with Crippen molar-refractivity contribution in [1.82, 2.24) is 20.2 Å². The van der Waals surface area contributed by atoms with E-state index in [4.69, 9.17) is 5.11 Å². The van der Waals surface area contributed by atoms with Crippen molar-refractivity contribution >= 4 is 12.0 Å². The highest BCUT2D eigenvalue weighted by Crippen LogP contribution is 2.23. The fraction of sp³-hybridized carbons (Fsp3) is 0.643. The van der Waals surface area contributed by atoms with Crippen LogP contribution in [-0.4, -0.2) is 39.2 Å². The lowest BCUT2D eigenvalue weighted by Gasteiger charge is -2.27. The average Bonchev–Trinajstić information content (AvgIpc) is 2.87. The van der Waals surface area contributed by atoms with Crippen molar-refractivity contribution in [3.05, 3.63) is 18.2 Å². The molecule has 1 aliphatic rings. The van der Waals surface area contributed by atoms with Gasteiger partial charge >= 0.3 is 12.0 Å². The molecule has 2 rings (SSSR count). The van der Waals surface area contributed by atoms with Crippen LogP contribution in [0.15, 0.2) is 12.5 Å². The molecule has 0 aliphatic heterocycles. The summed E-state index contributed by atoms with van der Waals surface area (Å²) in [6.07, 6.45) is 7.39. The van der Waals surface area contributed by atoms with Crippen LogP contribution >= 0.6 is 0 Å². The molecule has 1 aromatic rings. The van der Waals surface area contributed by atoms with Gasteiger partial charge in [0.25, 0.3) is 0 Å². The number of carbonyl (C=O) groups is 2. The second-order valence-corrected chi connectivity index (χ2v) is 5.67. The van der Waals surface area contributed by atoms with Gasteiger partial charge in [0.1, 0.15) is 0 Å². The molecule has 7 nitrogen and oxygen atoms in total. The van der Waals surface area contributed by atoms with Crippen LogP contribution < -0.4 is 10.6 Å². The summed E-state index contributed by atoms with van der Waals surface area (Å²) in [5.74, 6) is -0.379. The molecule has 2 amide bonds. The topological polar surface area (TPSA) is 96.3 Å². The van der Waals surface area contributed by atoms with Crippen molar-refractivity contribution in [3.8, 4) is 0 Å². The van der Waals surface area contributed by atoms with Gasteiger partial charge in [-0.15, -0.1) is 0 Å². The molecule has 0 radical (unpaired) electrons. The van der Waals surface area contributed by atoms with Crippen molar-refractivity contribution < 1.29 is 14.7 Å². The SMILES string of the molecule is CC1CCCC(NC(=O)NCCn2cnc(C(=O)O)c2)C1. The predicted octanol–water partition coefficient (Wildman–Crippen LogP) is 1.46. The van der Waals surface area contributed by atoms with Crippen LogP contribution in [0.5, 0.6) is 0 Å². The van der Waals surface area contributed by atoms with Gasteiger partial charge in [0.05, 0.1) is 6.33 Å². The number of hydrogen-bond acceptors (Lipinski definition) is 3. The lowest BCUT2D eigenvalue weighted by molar-refractivity contribution is 0.0691. The number of nitrogens with one attached hydrogen (secondary N) is 2. The number of carboxylic acids is 1. The molecular formula is C14H22N4O3. The van der Waals surface area contributed by atoms with Crippen molar-refractivity contribution in [3.63, 3.8) is 0 Å². The smallest absolute Gasteiger partial charge is 0.356 e. The van der Waals surface area contributed by atoms with E-state index >= 15 is 0 Å². The van der Waals surface area contributed by atoms with E-state index in [-0.39, 0.29) is 17.8 Å². The number of imidazole rings is 1. The second kappa shape index (κ2) is 7.10. The number of nitrogens with zero attached hydrogens (tertiary/aromatic N) is 2. The normalized spacial score (nSPS) is 21.8. The zero-order valence-electron chi connectivity index (χ0n) is 12.2. The second-order valence-electron chi connectivity index (χ2n) is 5.67. The summed E-state index contributed by atoms with van der Waals surface area (Å²) in [7, 11) is 0. The van der Waals surface area contributed by atoms with E-state index in [0.29, 0.717) is 19.0 Å². The van der Waals surface area contributed by atoms with Gasteiger partial charge < -0.3 is 20.3 Å². The van der Waals surface area contributed by atoms with Gasteiger partial charge in [-0.2, -0.15) is 0 Å². The van der Waals surface area contributed by atoms with Gasteiger partial charge in [-0.05, 0) is 18.8 Å². The molecule has 2 unspecified atom stereocenters. The molecule has 0 bridgehead atoms. The van der Waals surface area contributed by atoms with Crippen molar-refractivity contribution in [2.75, 3.05) is 6.54 Å². The number of amides is 2. The number of hydrogen-bond donors (Lipinski definition) is 3. The van der Waals surface area contributed by atoms with Crippen LogP contribution in [0.1, 0.15) is 43.1 Å². The Hall–Kier alpha value is -2.05. The van der Waals surface area contributed by atoms with Crippen molar-refractivity contribution in [2.24, 2.45) is 5.92 Å². The van der Waals surface area contributed by atoms with E-state index < -0.39 is 5.97 Å². The Morgan fingerprint density at radius 3 is 2.95 bits per heavy atom. The fourth-order valence-electron chi connectivity index (χ4n) is 2.69. The number of aromatic carboxylic acids is 1. The molecule has 21 heavy (non-hydrogen) atoms. The third-order valence-electron chi connectivity index (χ3n) is 3.78. The Kier molecular flexibility index (Phi) is 5.19. The number of carbonyl (C=O) groups excluding carboxylic acids is 1. The third kappa shape index (κ3) is 4.77. The van der Waals surface area contributed by atoms with Crippen LogP contribution in [0.4, 0.5) is 4.79 Å². The number of urea groups is 1. The Morgan fingerprint density at radius 1 is 1.48 bits per heavy atom. The van der Waals surface area contributed by atoms with E-state index in [9.17, 15) is 9.59 Å². The minimum Gasteiger partial charge on any atom is -0.476 e. The quantitative estimate of drug-likeness (QED) is 0.766. The molecule has 0 spiro atoms. The Bertz CT molecular complexity index is 500. The number of aromatic nitrogens is 2. The number of carboxylic acid groups (broad SMARTS) is 1. The summed E-state index contributed by atoms with van der Waals surface area (Å²) in [5.41, 5.74) is 0.00986. The molecule has 0 saturated heterocycles. The van der Waals surface area contributed by atoms with Gasteiger partial charge in [0.2, 0.25) is 0 Å². The molecular weight excluding hydrogens is 272 g/mol. The summed E-state index contributed by atoms with van der Waals surface area (Å²) in [4.78, 5) is 26.2. The average molecular weight is 294 g/mol. The van der Waals surface area contributed by atoms with Gasteiger partial charge in [0.15, 0.2) is 5.69 Å². The Labute approximate surface area is 123 Å². The molecule has 1 saturated carbocycles. The first-order valence-corrected chi connectivity index (χ1v) is 7.34. The summed E-state index contributed by atoms with van der Waals surface area (Å²) in [6, 6.07) is 0.105. The van der Waals surface area contributed by atoms with E-state index in [2.05, 4.69) is 22.5 Å². The highest BCUT2D eigenvalue weighted by Gasteiger charge is 2.20. The maximum absolute atomic E-state index is 11.8. The largest absolute Gasteiger partial charge is 0.476 e. The van der Waals surface area contributed by atoms with Crippen LogP contribution in [0.3, 0.4) is 0 Å². The first-order chi connectivity index (χ1) is 10.0. The van der Waals surface area contributed by atoms with Gasteiger partial charge in [0, 0.05) is 25.3 Å². The first kappa shape index (κ1) is 15.3. The van der Waals surface area contributed by atoms with Gasteiger partial charge in [-0.3, -0.25) is 0 Å². The van der Waals surface area contributed by atoms with Crippen LogP contribution in [-0.2, 0) is 6.54 Å². The Morgan fingerprint density at radius 2 is 2.29 bits per heavy atom. The molecule has 3 N–H and O–H groups in total. The van der Waals surface area contributed by atoms with E-state index in [0.717, 1.165) is 12.8 Å². The molecule has 7 heteroatoms. The molecule has 1 fully saturated rings. The minimum absolute atomic E-state index is 0.00986. The maximum Gasteiger partial charge on any atom is 0.356 e. The highest BCUT2D eigenvalue weighted by molar-refractivity contribution is 5.84. The van der Waals surface area contributed by atoms with Gasteiger partial charge in [-0.1, -0.05) is 19.8 Å². The van der Waals surface area contributed by atoms with E-state index in [1.54, 1.807) is 4.57 Å². The van der Waals surface area contributed by atoms with Crippen LogP contribution in [0, 0.1) is 5.92 Å². The molecule has 2 atom stereocenters. The van der Waals surface area contributed by atoms with Crippen LogP contribution in [0.2, 0.25) is 0 Å². The van der Waals surface area contributed by atoms with E-state index in [1.165, 1.54) is 25.4 Å². The fourth-order valence-corrected chi connectivity index (χ4v) is 2.69. The molecule has 1 heterocycles. The van der Waals surface area contributed by atoms with E-state index in [1.807, 2.05) is 0 Å². The standard InChI is InChI=1S/C14H22N4O3/c1-10-3-2-4-11(7-10)17-14(21)15-5-6-18-8-12(13(19)20)16-9-18/h8-11H,2-7H2,1H3,(H,19,20)(H2,15,17,21). The zero-order chi connectivity index (χ0) is 15.2. The van der Waals surface area contributed by atoms with Crippen molar-refractivity contribution in [1.29, 1.82) is 0 Å². The Balaban J connectivity index is 1.67. The monoisotopic (exact) mass is 294 g/mol. The molecule has 1 aliphatic carbocycles. The summed E-state index contributed by atoms with van der Waals surface area (Å²) >= 11 is 0. The third-order valence-corrected chi connectivity index (χ3v) is 3.78. The van der Waals surface area contributed by atoms with Crippen LogP contribution in [0.25, 0.3) is 0 Å². The predicted molar refractivity (Wildman–Crippen MR) is 77.1 cm³/mol. The minimum atomic E-state index is -1.05. The lowest BCUT2D eigenvalue weighted by atomic mass is 9.87. The van der Waals surface area contributed by atoms with Gasteiger partial charge in [-0.25, -0.2) is 14.6 Å².